The summed E-state index contributed by atoms with van der Waals surface area (Å²) in [5, 5.41) is 13.1. The normalized spacial score (nSPS) is 12.4. The fourth-order valence-electron chi connectivity index (χ4n) is 4.05. The average molecular weight is 575 g/mol. The average Bonchev–Trinajstić information content (AvgIpc) is 3.37. The minimum atomic E-state index is -1.32. The summed E-state index contributed by atoms with van der Waals surface area (Å²) >= 11 is 1.04. The number of unbranched alkanes of at least 4 members (excludes halogenated alkanes) is 5. The highest BCUT2D eigenvalue weighted by Gasteiger charge is 2.19. The maximum atomic E-state index is 15.4. The number of ether oxygens (including phenoxy) is 1. The van der Waals surface area contributed by atoms with Crippen LogP contribution in [0.15, 0.2) is 41.3 Å². The Labute approximate surface area is 235 Å². The number of hydrogen-bond donors (Lipinski definition) is 2. The standard InChI is InChI=1S/C30H33F3N2O4S/c1-4-5-6-7-8-9-13-39-19(3)21-11-10-12-22(27(21)33)26-17-40-30(34-26)35-28(36)20-15-24(31)23(25(32)16-20)14-18(2)29(37)38/h10-12,14-17,19H,4-9,13H2,1-3H3,(H,37,38)(H,34,35,36). The summed E-state index contributed by atoms with van der Waals surface area (Å²) in [5.41, 5.74) is -0.202. The van der Waals surface area contributed by atoms with Crippen molar-refractivity contribution in [3.8, 4) is 11.3 Å². The first kappa shape index (κ1) is 31.0. The highest BCUT2D eigenvalue weighted by Crippen LogP contribution is 2.32. The zero-order valence-electron chi connectivity index (χ0n) is 22.7. The number of hydrogen-bond acceptors (Lipinski definition) is 5. The van der Waals surface area contributed by atoms with Crippen molar-refractivity contribution < 1.29 is 32.6 Å². The lowest BCUT2D eigenvalue weighted by molar-refractivity contribution is -0.132. The predicted octanol–water partition coefficient (Wildman–Crippen LogP) is 8.41. The molecular weight excluding hydrogens is 541 g/mol. The van der Waals surface area contributed by atoms with Crippen LogP contribution in [0.1, 0.15) is 86.9 Å². The van der Waals surface area contributed by atoms with Crippen LogP contribution in [0, 0.1) is 17.5 Å². The first-order valence-electron chi connectivity index (χ1n) is 13.2. The zero-order valence-corrected chi connectivity index (χ0v) is 23.5. The lowest BCUT2D eigenvalue weighted by atomic mass is 10.0. The molecule has 0 aliphatic rings. The number of nitrogens with one attached hydrogen (secondary N) is 1. The second kappa shape index (κ2) is 14.8. The van der Waals surface area contributed by atoms with E-state index < -0.39 is 41.0 Å². The van der Waals surface area contributed by atoms with E-state index in [1.807, 2.05) is 0 Å². The SMILES string of the molecule is CCCCCCCCOC(C)c1cccc(-c2csc(NC(=O)c3cc(F)c(C=C(C)C(=O)O)c(F)c3)n2)c1F. The van der Waals surface area contributed by atoms with E-state index in [1.165, 1.54) is 26.2 Å². The largest absolute Gasteiger partial charge is 0.478 e. The van der Waals surface area contributed by atoms with Crippen LogP contribution in [0.2, 0.25) is 0 Å². The van der Waals surface area contributed by atoms with Crippen molar-refractivity contribution in [2.45, 2.75) is 65.4 Å². The van der Waals surface area contributed by atoms with Crippen molar-refractivity contribution >= 4 is 34.4 Å². The third kappa shape index (κ3) is 8.25. The molecule has 1 aromatic heterocycles. The summed E-state index contributed by atoms with van der Waals surface area (Å²) in [4.78, 5) is 27.9. The van der Waals surface area contributed by atoms with Gasteiger partial charge < -0.3 is 9.84 Å². The topological polar surface area (TPSA) is 88.5 Å². The highest BCUT2D eigenvalue weighted by atomic mass is 32.1. The molecule has 0 radical (unpaired) electrons. The van der Waals surface area contributed by atoms with Crippen LogP contribution < -0.4 is 5.32 Å². The number of aromatic nitrogens is 1. The Balaban J connectivity index is 1.67. The van der Waals surface area contributed by atoms with Crippen LogP contribution in [-0.4, -0.2) is 28.6 Å². The molecule has 0 saturated heterocycles. The number of benzene rings is 2. The number of amides is 1. The number of carbonyl (C=O) groups excluding carboxylic acids is 1. The Bertz CT molecular complexity index is 1350. The van der Waals surface area contributed by atoms with E-state index in [2.05, 4.69) is 17.2 Å². The quantitative estimate of drug-likeness (QED) is 0.149. The number of carbonyl (C=O) groups is 2. The number of nitrogens with zero attached hydrogens (tertiary/aromatic N) is 1. The third-order valence-electron chi connectivity index (χ3n) is 6.37. The molecule has 0 saturated carbocycles. The summed E-state index contributed by atoms with van der Waals surface area (Å²) in [7, 11) is 0. The number of rotatable bonds is 14. The zero-order chi connectivity index (χ0) is 29.2. The van der Waals surface area contributed by atoms with Gasteiger partial charge in [-0.05, 0) is 44.5 Å². The third-order valence-corrected chi connectivity index (χ3v) is 7.13. The Morgan fingerprint density at radius 2 is 1.77 bits per heavy atom. The number of carboxylic acid groups (broad SMARTS) is 1. The molecule has 10 heteroatoms. The summed E-state index contributed by atoms with van der Waals surface area (Å²) in [5.74, 6) is -4.78. The lowest BCUT2D eigenvalue weighted by Gasteiger charge is -2.15. The number of carboxylic acids is 1. The molecule has 1 unspecified atom stereocenters. The summed E-state index contributed by atoms with van der Waals surface area (Å²) in [6, 6.07) is 6.58. The van der Waals surface area contributed by atoms with Gasteiger partial charge in [-0.25, -0.2) is 22.9 Å². The maximum Gasteiger partial charge on any atom is 0.331 e. The van der Waals surface area contributed by atoms with Crippen LogP contribution in [0.25, 0.3) is 17.3 Å². The number of aliphatic carboxylic acids is 1. The van der Waals surface area contributed by atoms with Gasteiger partial charge >= 0.3 is 5.97 Å². The molecule has 3 aromatic rings. The van der Waals surface area contributed by atoms with Crippen LogP contribution in [0.3, 0.4) is 0 Å². The fraction of sp³-hybridized carbons (Fsp3) is 0.367. The summed E-state index contributed by atoms with van der Waals surface area (Å²) < 4.78 is 50.2. The van der Waals surface area contributed by atoms with Gasteiger partial charge in [0.15, 0.2) is 5.13 Å². The van der Waals surface area contributed by atoms with Crippen molar-refractivity contribution in [3.63, 3.8) is 0 Å². The Kier molecular flexibility index (Phi) is 11.5. The second-order valence-electron chi connectivity index (χ2n) is 9.47. The molecule has 40 heavy (non-hydrogen) atoms. The Morgan fingerprint density at radius 3 is 2.45 bits per heavy atom. The lowest BCUT2D eigenvalue weighted by Crippen LogP contribution is -2.13. The van der Waals surface area contributed by atoms with E-state index in [4.69, 9.17) is 9.84 Å². The van der Waals surface area contributed by atoms with Gasteiger partial charge in [-0.15, -0.1) is 11.3 Å². The van der Waals surface area contributed by atoms with Crippen LogP contribution >= 0.6 is 11.3 Å². The van der Waals surface area contributed by atoms with E-state index in [-0.39, 0.29) is 21.8 Å². The molecule has 214 valence electrons. The van der Waals surface area contributed by atoms with Gasteiger partial charge in [0.1, 0.15) is 17.5 Å². The van der Waals surface area contributed by atoms with Crippen molar-refractivity contribution in [2.75, 3.05) is 11.9 Å². The molecule has 3 rings (SSSR count). The van der Waals surface area contributed by atoms with Gasteiger partial charge in [0.05, 0.1) is 11.8 Å². The Morgan fingerprint density at radius 1 is 1.10 bits per heavy atom. The minimum absolute atomic E-state index is 0.115. The first-order chi connectivity index (χ1) is 19.1. The molecule has 0 bridgehead atoms. The predicted molar refractivity (Wildman–Crippen MR) is 151 cm³/mol. The van der Waals surface area contributed by atoms with Gasteiger partial charge in [0.25, 0.3) is 5.91 Å². The summed E-state index contributed by atoms with van der Waals surface area (Å²) in [6.07, 6.45) is 7.20. The number of thiazole rings is 1. The van der Waals surface area contributed by atoms with Crippen molar-refractivity contribution in [1.29, 1.82) is 0 Å². The molecule has 2 N–H and O–H groups in total. The molecule has 0 spiro atoms. The summed E-state index contributed by atoms with van der Waals surface area (Å²) in [6.45, 7) is 5.72. The van der Waals surface area contributed by atoms with Crippen molar-refractivity contribution in [1.82, 2.24) is 4.98 Å². The van der Waals surface area contributed by atoms with Crippen molar-refractivity contribution in [3.05, 3.63) is 75.4 Å². The van der Waals surface area contributed by atoms with E-state index >= 15 is 4.39 Å². The Hall–Kier alpha value is -3.50. The monoisotopic (exact) mass is 574 g/mol. The van der Waals surface area contributed by atoms with Gasteiger partial charge in [-0.1, -0.05) is 51.2 Å². The molecule has 6 nitrogen and oxygen atoms in total. The number of halogens is 3. The smallest absolute Gasteiger partial charge is 0.331 e. The van der Waals surface area contributed by atoms with E-state index in [9.17, 15) is 18.4 Å². The van der Waals surface area contributed by atoms with Crippen LogP contribution in [0.4, 0.5) is 18.3 Å². The molecule has 0 aliphatic heterocycles. The molecule has 1 amide bonds. The molecule has 0 fully saturated rings. The second-order valence-corrected chi connectivity index (χ2v) is 10.3. The first-order valence-corrected chi connectivity index (χ1v) is 14.1. The minimum Gasteiger partial charge on any atom is -0.478 e. The molecule has 2 aromatic carbocycles. The van der Waals surface area contributed by atoms with Crippen LogP contribution in [0.5, 0.6) is 0 Å². The van der Waals surface area contributed by atoms with Crippen LogP contribution in [-0.2, 0) is 9.53 Å². The van der Waals surface area contributed by atoms with Gasteiger partial charge in [-0.3, -0.25) is 10.1 Å². The van der Waals surface area contributed by atoms with Gasteiger partial charge in [0, 0.05) is 39.8 Å². The molecule has 0 aliphatic carbocycles. The molecule has 1 heterocycles. The fourth-order valence-corrected chi connectivity index (χ4v) is 4.76. The molecular formula is C30H33F3N2O4S. The van der Waals surface area contributed by atoms with Gasteiger partial charge in [0.2, 0.25) is 0 Å². The number of anilines is 1. The molecule has 1 atom stereocenters. The van der Waals surface area contributed by atoms with E-state index in [1.54, 1.807) is 30.5 Å². The van der Waals surface area contributed by atoms with E-state index in [0.717, 1.165) is 48.8 Å². The highest BCUT2D eigenvalue weighted by molar-refractivity contribution is 7.14. The van der Waals surface area contributed by atoms with Gasteiger partial charge in [-0.2, -0.15) is 0 Å². The van der Waals surface area contributed by atoms with Crippen molar-refractivity contribution in [2.24, 2.45) is 0 Å². The van der Waals surface area contributed by atoms with E-state index in [0.29, 0.717) is 17.9 Å². The maximum absolute atomic E-state index is 15.4.